The van der Waals surface area contributed by atoms with Crippen molar-refractivity contribution in [2.75, 3.05) is 0 Å². The van der Waals surface area contributed by atoms with Crippen LogP contribution in [0.3, 0.4) is 0 Å². The predicted molar refractivity (Wildman–Crippen MR) is 146 cm³/mol. The highest BCUT2D eigenvalue weighted by Crippen LogP contribution is 2.45. The summed E-state index contributed by atoms with van der Waals surface area (Å²) in [5.41, 5.74) is 10.2. The van der Waals surface area contributed by atoms with Gasteiger partial charge in [0.15, 0.2) is 0 Å². The van der Waals surface area contributed by atoms with Crippen molar-refractivity contribution in [3.63, 3.8) is 0 Å². The van der Waals surface area contributed by atoms with Gasteiger partial charge in [0.25, 0.3) is 0 Å². The standard InChI is InChI=1S/C16H18N2.C16H24/c1-12(2)8-16(15-9-17-11-18-10-15)14-6-4-13(3)5-7-14;1-6-12-7-8-13-14(11-12)16(4,5)10-9-15(13,2)3/h4-7,9-11,16H,1,8H2,2-3H3;7-8,11H,6,9-10H2,1-5H3. The third-order valence-electron chi connectivity index (χ3n) is 7.34. The van der Waals surface area contributed by atoms with Crippen LogP contribution in [0.1, 0.15) is 100 Å². The number of aryl methyl sites for hydroxylation is 2. The third-order valence-corrected chi connectivity index (χ3v) is 7.34. The lowest BCUT2D eigenvalue weighted by atomic mass is 9.63. The van der Waals surface area contributed by atoms with Gasteiger partial charge >= 0.3 is 0 Å². The summed E-state index contributed by atoms with van der Waals surface area (Å²) < 4.78 is 0. The van der Waals surface area contributed by atoms with Crippen molar-refractivity contribution < 1.29 is 0 Å². The summed E-state index contributed by atoms with van der Waals surface area (Å²) >= 11 is 0. The van der Waals surface area contributed by atoms with E-state index in [1.807, 2.05) is 12.4 Å². The molecule has 1 aromatic heterocycles. The SMILES string of the molecule is C=C(C)CC(c1ccc(C)cc1)c1cncnc1.CCc1ccc2c(c1)C(C)(C)CCC2(C)C. The fraction of sp³-hybridized carbons (Fsp3) is 0.438. The van der Waals surface area contributed by atoms with Crippen molar-refractivity contribution in [3.05, 3.63) is 107 Å². The number of benzene rings is 2. The van der Waals surface area contributed by atoms with Gasteiger partial charge in [-0.3, -0.25) is 0 Å². The molecule has 0 bridgehead atoms. The molecule has 1 heterocycles. The van der Waals surface area contributed by atoms with Gasteiger partial charge in [0.1, 0.15) is 6.33 Å². The van der Waals surface area contributed by atoms with Gasteiger partial charge in [0.05, 0.1) is 0 Å². The van der Waals surface area contributed by atoms with Crippen molar-refractivity contribution in [3.8, 4) is 0 Å². The number of rotatable bonds is 5. The molecule has 0 amide bonds. The second-order valence-corrected chi connectivity index (χ2v) is 11.3. The van der Waals surface area contributed by atoms with Crippen LogP contribution in [0.25, 0.3) is 0 Å². The van der Waals surface area contributed by atoms with Gasteiger partial charge in [0, 0.05) is 18.3 Å². The summed E-state index contributed by atoms with van der Waals surface area (Å²) in [7, 11) is 0. The monoisotopic (exact) mass is 454 g/mol. The fourth-order valence-electron chi connectivity index (χ4n) is 4.92. The van der Waals surface area contributed by atoms with Crippen molar-refractivity contribution >= 4 is 0 Å². The Kier molecular flexibility index (Phi) is 8.13. The van der Waals surface area contributed by atoms with Crippen molar-refractivity contribution in [1.29, 1.82) is 0 Å². The van der Waals surface area contributed by atoms with Crippen molar-refractivity contribution in [1.82, 2.24) is 9.97 Å². The Morgan fingerprint density at radius 3 is 2.03 bits per heavy atom. The zero-order valence-corrected chi connectivity index (χ0v) is 22.3. The number of fused-ring (bicyclic) bond motifs is 1. The van der Waals surface area contributed by atoms with Crippen LogP contribution in [-0.4, -0.2) is 9.97 Å². The lowest BCUT2D eigenvalue weighted by Crippen LogP contribution is -2.33. The first-order valence-corrected chi connectivity index (χ1v) is 12.6. The zero-order valence-electron chi connectivity index (χ0n) is 22.3. The van der Waals surface area contributed by atoms with E-state index in [0.717, 1.165) is 18.4 Å². The Hall–Kier alpha value is -2.74. The topological polar surface area (TPSA) is 25.8 Å². The average Bonchev–Trinajstić information content (AvgIpc) is 2.82. The summed E-state index contributed by atoms with van der Waals surface area (Å²) in [4.78, 5) is 8.23. The Morgan fingerprint density at radius 1 is 0.882 bits per heavy atom. The molecule has 0 radical (unpaired) electrons. The van der Waals surface area contributed by atoms with Gasteiger partial charge < -0.3 is 0 Å². The van der Waals surface area contributed by atoms with Crippen LogP contribution < -0.4 is 0 Å². The molecule has 0 fully saturated rings. The van der Waals surface area contributed by atoms with Crippen LogP contribution in [0.2, 0.25) is 0 Å². The molecule has 2 aromatic carbocycles. The summed E-state index contributed by atoms with van der Waals surface area (Å²) in [6, 6.07) is 15.8. The van der Waals surface area contributed by atoms with Gasteiger partial charge in [-0.15, -0.1) is 6.58 Å². The molecule has 4 rings (SSSR count). The van der Waals surface area contributed by atoms with Crippen LogP contribution in [0.4, 0.5) is 0 Å². The van der Waals surface area contributed by atoms with E-state index in [4.69, 9.17) is 0 Å². The fourth-order valence-corrected chi connectivity index (χ4v) is 4.92. The van der Waals surface area contributed by atoms with E-state index in [2.05, 4.69) is 107 Å². The maximum Gasteiger partial charge on any atom is 0.115 e. The van der Waals surface area contributed by atoms with Crippen LogP contribution in [0, 0.1) is 6.92 Å². The highest BCUT2D eigenvalue weighted by molar-refractivity contribution is 5.43. The van der Waals surface area contributed by atoms with E-state index in [0.29, 0.717) is 16.7 Å². The first kappa shape index (κ1) is 25.9. The molecule has 0 aliphatic heterocycles. The number of allylic oxidation sites excluding steroid dienone is 1. The molecule has 2 heteroatoms. The normalized spacial score (nSPS) is 16.6. The summed E-state index contributed by atoms with van der Waals surface area (Å²) in [6.07, 6.45) is 10.0. The molecule has 0 saturated carbocycles. The molecule has 0 saturated heterocycles. The predicted octanol–water partition coefficient (Wildman–Crippen LogP) is 8.48. The Balaban J connectivity index is 0.000000192. The van der Waals surface area contributed by atoms with Crippen LogP contribution in [-0.2, 0) is 17.3 Å². The quantitative estimate of drug-likeness (QED) is 0.361. The summed E-state index contributed by atoms with van der Waals surface area (Å²) in [6.45, 7) is 20.0. The molecule has 2 nitrogen and oxygen atoms in total. The van der Waals surface area contributed by atoms with Crippen molar-refractivity contribution in [2.24, 2.45) is 0 Å². The molecular formula is C32H42N2. The molecule has 3 aromatic rings. The number of hydrogen-bond donors (Lipinski definition) is 0. The van der Waals surface area contributed by atoms with Gasteiger partial charge in [-0.05, 0) is 78.2 Å². The van der Waals surface area contributed by atoms with E-state index in [-0.39, 0.29) is 0 Å². The lowest BCUT2D eigenvalue weighted by Gasteiger charge is -2.42. The maximum atomic E-state index is 4.12. The smallest absolute Gasteiger partial charge is 0.115 e. The molecule has 1 unspecified atom stereocenters. The average molecular weight is 455 g/mol. The Morgan fingerprint density at radius 2 is 1.47 bits per heavy atom. The van der Waals surface area contributed by atoms with Crippen LogP contribution in [0.5, 0.6) is 0 Å². The first-order valence-electron chi connectivity index (χ1n) is 12.6. The van der Waals surface area contributed by atoms with Gasteiger partial charge in [-0.2, -0.15) is 0 Å². The minimum atomic E-state index is 0.296. The van der Waals surface area contributed by atoms with Crippen LogP contribution in [0.15, 0.2) is 73.3 Å². The highest BCUT2D eigenvalue weighted by Gasteiger charge is 2.36. The second kappa shape index (κ2) is 10.7. The maximum absolute atomic E-state index is 4.12. The molecule has 1 aliphatic rings. The largest absolute Gasteiger partial charge is 0.245 e. The van der Waals surface area contributed by atoms with Gasteiger partial charge in [0.2, 0.25) is 0 Å². The molecule has 1 aliphatic carbocycles. The first-order chi connectivity index (χ1) is 16.0. The molecular weight excluding hydrogens is 412 g/mol. The molecule has 1 atom stereocenters. The summed E-state index contributed by atoms with van der Waals surface area (Å²) in [5.74, 6) is 0.296. The van der Waals surface area contributed by atoms with Crippen LogP contribution >= 0.6 is 0 Å². The minimum Gasteiger partial charge on any atom is -0.245 e. The van der Waals surface area contributed by atoms with E-state index in [1.165, 1.54) is 35.1 Å². The molecule has 180 valence electrons. The molecule has 0 spiro atoms. The van der Waals surface area contributed by atoms with Gasteiger partial charge in [-0.1, -0.05) is 88.2 Å². The minimum absolute atomic E-state index is 0.296. The van der Waals surface area contributed by atoms with E-state index in [9.17, 15) is 0 Å². The highest BCUT2D eigenvalue weighted by atomic mass is 14.8. The molecule has 0 N–H and O–H groups in total. The van der Waals surface area contributed by atoms with E-state index < -0.39 is 0 Å². The van der Waals surface area contributed by atoms with Crippen molar-refractivity contribution in [2.45, 2.75) is 90.9 Å². The van der Waals surface area contributed by atoms with Gasteiger partial charge in [-0.25, -0.2) is 9.97 Å². The Labute approximate surface area is 207 Å². The number of nitrogens with zero attached hydrogens (tertiary/aromatic N) is 2. The summed E-state index contributed by atoms with van der Waals surface area (Å²) in [5, 5.41) is 0. The van der Waals surface area contributed by atoms with E-state index in [1.54, 1.807) is 17.5 Å². The Bertz CT molecular complexity index is 1090. The zero-order chi connectivity index (χ0) is 24.9. The third kappa shape index (κ3) is 6.23. The number of hydrogen-bond acceptors (Lipinski definition) is 2. The van der Waals surface area contributed by atoms with E-state index >= 15 is 0 Å². The second-order valence-electron chi connectivity index (χ2n) is 11.3. The molecule has 34 heavy (non-hydrogen) atoms. The lowest BCUT2D eigenvalue weighted by molar-refractivity contribution is 0.331. The number of aromatic nitrogens is 2.